The Balaban J connectivity index is 1.37. The average molecular weight is 530 g/mol. The number of carboxylic acid groups (broad SMARTS) is 1. The molecular weight excluding hydrogens is 508 g/mol. The number of carbonyl (C=O) groups is 3. The molecule has 15 heteroatoms. The normalized spacial score (nSPS) is 19.8. The Hall–Kier alpha value is -3.98. The zero-order chi connectivity index (χ0) is 25.4. The molecule has 0 unspecified atom stereocenters. The van der Waals surface area contributed by atoms with E-state index in [1.54, 1.807) is 6.92 Å². The lowest BCUT2D eigenvalue weighted by atomic mass is 9.99. The second-order valence-corrected chi connectivity index (χ2v) is 9.75. The number of thioether (sulfide) groups is 1. The van der Waals surface area contributed by atoms with E-state index in [-0.39, 0.29) is 29.0 Å². The number of rotatable bonds is 8. The number of hydrogen-bond donors (Lipinski definition) is 4. The van der Waals surface area contributed by atoms with E-state index < -0.39 is 29.2 Å². The molecule has 2 aliphatic heterocycles. The van der Waals surface area contributed by atoms with Crippen LogP contribution in [0.4, 0.5) is 5.13 Å². The third-order valence-corrected chi connectivity index (χ3v) is 7.54. The molecule has 13 nitrogen and oxygen atoms in total. The van der Waals surface area contributed by atoms with Crippen molar-refractivity contribution < 1.29 is 28.8 Å². The summed E-state index contributed by atoms with van der Waals surface area (Å²) in [6.07, 6.45) is 4.04. The number of nitrogens with one attached hydrogen (secondary N) is 2. The number of nitrogens with zero attached hydrogens (tertiary/aromatic N) is 5. The fraction of sp³-hybridized carbons (Fsp3) is 0.286. The number of amides is 2. The van der Waals surface area contributed by atoms with E-state index >= 15 is 0 Å². The largest absolute Gasteiger partial charge is 0.477 e. The van der Waals surface area contributed by atoms with Crippen LogP contribution in [0.3, 0.4) is 0 Å². The molecule has 2 amide bonds. The number of nitrogen functional groups attached to an aromatic ring is 1. The van der Waals surface area contributed by atoms with Crippen LogP contribution in [0.15, 0.2) is 47.0 Å². The molecular formula is C21H21N8O5S2+. The van der Waals surface area contributed by atoms with E-state index in [2.05, 4.69) is 24.9 Å². The van der Waals surface area contributed by atoms with Crippen molar-refractivity contribution in [3.8, 4) is 0 Å². The predicted molar refractivity (Wildman–Crippen MR) is 130 cm³/mol. The molecule has 3 aromatic heterocycles. The van der Waals surface area contributed by atoms with Gasteiger partial charge in [0, 0.05) is 35.8 Å². The van der Waals surface area contributed by atoms with Gasteiger partial charge < -0.3 is 21.0 Å². The molecule has 3 aromatic rings. The van der Waals surface area contributed by atoms with Gasteiger partial charge in [-0.05, 0) is 18.6 Å². The summed E-state index contributed by atoms with van der Waals surface area (Å²) in [6.45, 7) is 1.90. The number of aromatic nitrogens is 4. The predicted octanol–water partition coefficient (Wildman–Crippen LogP) is -0.0910. The SMILES string of the molecule is CCON=C(C(=O)N[C@@H]1C(=O)N2C(C(=O)O)=C(Cc3c[nH][n+]4ccccc34)CS[C@@H]12)c1nsc(N)n1. The molecule has 36 heavy (non-hydrogen) atoms. The first-order valence-corrected chi connectivity index (χ1v) is 12.7. The van der Waals surface area contributed by atoms with E-state index in [1.165, 1.54) is 16.7 Å². The molecule has 1 fully saturated rings. The minimum Gasteiger partial charge on any atom is -0.477 e. The molecule has 0 spiro atoms. The van der Waals surface area contributed by atoms with Crippen LogP contribution in [0.25, 0.3) is 5.52 Å². The van der Waals surface area contributed by atoms with Crippen molar-refractivity contribution in [2.24, 2.45) is 5.16 Å². The number of anilines is 1. The Kier molecular flexibility index (Phi) is 6.32. The second-order valence-electron chi connectivity index (χ2n) is 7.86. The molecule has 5 heterocycles. The topological polar surface area (TPSA) is 180 Å². The first-order valence-electron chi connectivity index (χ1n) is 10.9. The number of carbonyl (C=O) groups excluding carboxylic acids is 2. The molecule has 5 N–H and O–H groups in total. The van der Waals surface area contributed by atoms with Gasteiger partial charge in [-0.2, -0.15) is 14.5 Å². The maximum absolute atomic E-state index is 13.1. The Bertz CT molecular complexity index is 1430. The molecule has 0 aromatic carbocycles. The fourth-order valence-corrected chi connectivity index (χ4v) is 5.86. The van der Waals surface area contributed by atoms with Crippen molar-refractivity contribution in [2.45, 2.75) is 24.8 Å². The van der Waals surface area contributed by atoms with Crippen LogP contribution in [-0.2, 0) is 25.6 Å². The van der Waals surface area contributed by atoms with E-state index in [9.17, 15) is 19.5 Å². The molecule has 2 aliphatic rings. The van der Waals surface area contributed by atoms with E-state index in [0.717, 1.165) is 22.6 Å². The van der Waals surface area contributed by atoms with Crippen molar-refractivity contribution in [2.75, 3.05) is 18.1 Å². The lowest BCUT2D eigenvalue weighted by molar-refractivity contribution is -0.576. The number of nitrogens with two attached hydrogens (primary N) is 1. The summed E-state index contributed by atoms with van der Waals surface area (Å²) in [4.78, 5) is 48.4. The highest BCUT2D eigenvalue weighted by atomic mass is 32.2. The summed E-state index contributed by atoms with van der Waals surface area (Å²) in [5, 5.41) is 19.1. The Morgan fingerprint density at radius 3 is 3.00 bits per heavy atom. The molecule has 0 radical (unpaired) electrons. The van der Waals surface area contributed by atoms with Crippen LogP contribution in [0.2, 0.25) is 0 Å². The highest BCUT2D eigenvalue weighted by Crippen LogP contribution is 2.41. The van der Waals surface area contributed by atoms with Crippen molar-refractivity contribution in [3.05, 3.63) is 53.3 Å². The van der Waals surface area contributed by atoms with Gasteiger partial charge in [0.15, 0.2) is 11.3 Å². The van der Waals surface area contributed by atoms with Crippen molar-refractivity contribution in [1.82, 2.24) is 24.7 Å². The molecule has 186 valence electrons. The van der Waals surface area contributed by atoms with Crippen LogP contribution in [0, 0.1) is 0 Å². The number of pyridine rings is 1. The maximum Gasteiger partial charge on any atom is 0.352 e. The quantitative estimate of drug-likeness (QED) is 0.134. The van der Waals surface area contributed by atoms with E-state index in [1.807, 2.05) is 35.1 Å². The van der Waals surface area contributed by atoms with Crippen LogP contribution < -0.4 is 15.6 Å². The standard InChI is InChI=1S/C21H20N8O5S2/c1-2-34-26-13(16-25-21(22)36-27-16)17(30)24-14-18(31)29-15(20(32)33)11(9-35-19(14)29)7-10-8-23-28-6-4-3-5-12(10)28/h3-6,8,14,19H,2,7,9H2,1H3,(H4,22,24,25,27,30,32,33)/p+1/t14-,19+/m1/s1. The smallest absolute Gasteiger partial charge is 0.352 e. The molecule has 5 rings (SSSR count). The van der Waals surface area contributed by atoms with Crippen LogP contribution in [-0.4, -0.2) is 71.7 Å². The average Bonchev–Trinajstić information content (AvgIpc) is 3.48. The summed E-state index contributed by atoms with van der Waals surface area (Å²) in [6, 6.07) is 4.77. The zero-order valence-corrected chi connectivity index (χ0v) is 20.5. The lowest BCUT2D eigenvalue weighted by Gasteiger charge is -2.49. The monoisotopic (exact) mass is 529 g/mol. The lowest BCUT2D eigenvalue weighted by Crippen LogP contribution is -2.71. The van der Waals surface area contributed by atoms with Crippen LogP contribution >= 0.6 is 23.3 Å². The number of oxime groups is 1. The van der Waals surface area contributed by atoms with Gasteiger partial charge in [0.2, 0.25) is 17.1 Å². The third kappa shape index (κ3) is 4.15. The van der Waals surface area contributed by atoms with Crippen molar-refractivity contribution >= 4 is 57.4 Å². The van der Waals surface area contributed by atoms with Crippen molar-refractivity contribution in [1.29, 1.82) is 0 Å². The fourth-order valence-electron chi connectivity index (χ4n) is 4.08. The van der Waals surface area contributed by atoms with Gasteiger partial charge in [-0.15, -0.1) is 11.8 Å². The molecule has 2 atom stereocenters. The number of H-pyrrole nitrogens is 1. The van der Waals surface area contributed by atoms with Gasteiger partial charge in [0.25, 0.3) is 11.8 Å². The second kappa shape index (κ2) is 9.58. The molecule has 0 aliphatic carbocycles. The van der Waals surface area contributed by atoms with E-state index in [0.29, 0.717) is 17.7 Å². The minimum absolute atomic E-state index is 0.0200. The van der Waals surface area contributed by atoms with E-state index in [4.69, 9.17) is 10.6 Å². The summed E-state index contributed by atoms with van der Waals surface area (Å²) < 4.78 is 5.82. The summed E-state index contributed by atoms with van der Waals surface area (Å²) >= 11 is 2.28. The van der Waals surface area contributed by atoms with Crippen LogP contribution in [0.5, 0.6) is 0 Å². The first kappa shape index (κ1) is 23.7. The Morgan fingerprint density at radius 1 is 1.44 bits per heavy atom. The molecule has 1 saturated heterocycles. The highest BCUT2D eigenvalue weighted by molar-refractivity contribution is 8.00. The third-order valence-electron chi connectivity index (χ3n) is 5.66. The van der Waals surface area contributed by atoms with Gasteiger partial charge >= 0.3 is 5.97 Å². The molecule has 0 bridgehead atoms. The van der Waals surface area contributed by atoms with Gasteiger partial charge in [-0.25, -0.2) is 4.79 Å². The molecule has 0 saturated carbocycles. The zero-order valence-electron chi connectivity index (χ0n) is 18.9. The summed E-state index contributed by atoms with van der Waals surface area (Å²) in [5.74, 6) is -2.07. The number of hydrogen-bond acceptors (Lipinski definition) is 10. The maximum atomic E-state index is 13.1. The minimum atomic E-state index is -1.19. The number of aliphatic carboxylic acids is 1. The Morgan fingerprint density at radius 2 is 2.28 bits per heavy atom. The number of carboxylic acids is 1. The number of aromatic amines is 1. The highest BCUT2D eigenvalue weighted by Gasteiger charge is 2.54. The van der Waals surface area contributed by atoms with Gasteiger partial charge in [-0.1, -0.05) is 9.67 Å². The first-order chi connectivity index (χ1) is 17.4. The van der Waals surface area contributed by atoms with Crippen molar-refractivity contribution in [3.63, 3.8) is 0 Å². The van der Waals surface area contributed by atoms with Gasteiger partial charge in [0.05, 0.1) is 11.8 Å². The van der Waals surface area contributed by atoms with Gasteiger partial charge in [0.1, 0.15) is 23.7 Å². The Labute approximate surface area is 212 Å². The number of β-lactam (4-membered cyclic amide) rings is 1. The number of fused-ring (bicyclic) bond motifs is 2. The van der Waals surface area contributed by atoms with Gasteiger partial charge in [-0.3, -0.25) is 14.5 Å². The van der Waals surface area contributed by atoms with Crippen LogP contribution in [0.1, 0.15) is 18.3 Å². The summed E-state index contributed by atoms with van der Waals surface area (Å²) in [7, 11) is 0. The summed E-state index contributed by atoms with van der Waals surface area (Å²) in [5.41, 5.74) is 7.79.